The highest BCUT2D eigenvalue weighted by atomic mass is 32.2. The van der Waals surface area contributed by atoms with Crippen molar-refractivity contribution in [1.29, 1.82) is 0 Å². The van der Waals surface area contributed by atoms with E-state index in [4.69, 9.17) is 0 Å². The van der Waals surface area contributed by atoms with Crippen LogP contribution in [-0.2, 0) is 19.4 Å². The molecule has 0 N–H and O–H groups in total. The van der Waals surface area contributed by atoms with Gasteiger partial charge in [-0.05, 0) is 61.6 Å². The highest BCUT2D eigenvalue weighted by Crippen LogP contribution is 2.42. The first-order valence-corrected chi connectivity index (χ1v) is 10.7. The molecule has 0 bridgehead atoms. The Morgan fingerprint density at radius 2 is 1.41 bits per heavy atom. The topological polar surface area (TPSA) is 71.5 Å². The van der Waals surface area contributed by atoms with Crippen LogP contribution in [-0.4, -0.2) is 20.2 Å². The molecule has 2 aromatic rings. The van der Waals surface area contributed by atoms with Gasteiger partial charge in [-0.2, -0.15) is 0 Å². The number of fused-ring (bicyclic) bond motifs is 1. The lowest BCUT2D eigenvalue weighted by atomic mass is 9.76. The molecule has 1 aliphatic carbocycles. The van der Waals surface area contributed by atoms with Crippen LogP contribution in [0.3, 0.4) is 0 Å². The molecule has 0 aromatic heterocycles. The van der Waals surface area contributed by atoms with Gasteiger partial charge in [-0.15, -0.1) is 0 Å². The molecule has 2 aliphatic rings. The van der Waals surface area contributed by atoms with E-state index in [1.165, 1.54) is 17.0 Å². The molecular formula is C21H21NO4S. The third-order valence-corrected chi connectivity index (χ3v) is 7.43. The molecule has 140 valence electrons. The maximum Gasteiger partial charge on any atom is 0.237 e. The first-order chi connectivity index (χ1) is 12.9. The van der Waals surface area contributed by atoms with Crippen LogP contribution < -0.4 is 4.90 Å². The van der Waals surface area contributed by atoms with Crippen molar-refractivity contribution in [3.8, 4) is 0 Å². The number of hydrogen-bond donors (Lipinski definition) is 0. The van der Waals surface area contributed by atoms with Gasteiger partial charge in [0.2, 0.25) is 21.7 Å². The molecular weight excluding hydrogens is 362 g/mol. The fourth-order valence-electron chi connectivity index (χ4n) is 4.15. The van der Waals surface area contributed by atoms with Crippen LogP contribution in [0.1, 0.15) is 26.2 Å². The zero-order valence-electron chi connectivity index (χ0n) is 15.0. The van der Waals surface area contributed by atoms with E-state index in [2.05, 4.69) is 6.92 Å². The van der Waals surface area contributed by atoms with E-state index < -0.39 is 9.84 Å². The van der Waals surface area contributed by atoms with Crippen molar-refractivity contribution in [3.05, 3.63) is 54.6 Å². The van der Waals surface area contributed by atoms with Crippen LogP contribution in [0, 0.1) is 17.8 Å². The average Bonchev–Trinajstić information content (AvgIpc) is 2.92. The van der Waals surface area contributed by atoms with Gasteiger partial charge < -0.3 is 0 Å². The molecule has 27 heavy (non-hydrogen) atoms. The zero-order valence-corrected chi connectivity index (χ0v) is 15.9. The molecule has 5 nitrogen and oxygen atoms in total. The monoisotopic (exact) mass is 383 g/mol. The van der Waals surface area contributed by atoms with Crippen LogP contribution in [0.5, 0.6) is 0 Å². The lowest BCUT2D eigenvalue weighted by Gasteiger charge is -2.25. The molecule has 2 aromatic carbocycles. The number of carbonyl (C=O) groups excluding carboxylic acids is 2. The van der Waals surface area contributed by atoms with E-state index in [0.29, 0.717) is 11.6 Å². The van der Waals surface area contributed by atoms with Crippen molar-refractivity contribution in [2.75, 3.05) is 4.90 Å². The van der Waals surface area contributed by atoms with Gasteiger partial charge in [0.15, 0.2) is 0 Å². The zero-order chi connectivity index (χ0) is 19.2. The number of sulfone groups is 1. The third kappa shape index (κ3) is 2.98. The summed E-state index contributed by atoms with van der Waals surface area (Å²) in [6, 6.07) is 14.2. The minimum Gasteiger partial charge on any atom is -0.274 e. The number of hydrogen-bond acceptors (Lipinski definition) is 4. The predicted molar refractivity (Wildman–Crippen MR) is 101 cm³/mol. The lowest BCUT2D eigenvalue weighted by Crippen LogP contribution is -2.30. The van der Waals surface area contributed by atoms with Crippen molar-refractivity contribution >= 4 is 27.3 Å². The predicted octanol–water partition coefficient (Wildman–Crippen LogP) is 3.45. The highest BCUT2D eigenvalue weighted by Gasteiger charge is 2.49. The number of imide groups is 1. The Hall–Kier alpha value is -2.47. The van der Waals surface area contributed by atoms with Crippen LogP contribution in [0.4, 0.5) is 5.69 Å². The second kappa shape index (κ2) is 6.60. The van der Waals surface area contributed by atoms with Crippen LogP contribution in [0.15, 0.2) is 64.4 Å². The Kier molecular flexibility index (Phi) is 4.38. The second-order valence-corrected chi connectivity index (χ2v) is 9.40. The van der Waals surface area contributed by atoms with Crippen molar-refractivity contribution in [3.63, 3.8) is 0 Å². The fourth-order valence-corrected chi connectivity index (χ4v) is 5.44. The maximum absolute atomic E-state index is 12.8. The Morgan fingerprint density at radius 1 is 0.815 bits per heavy atom. The molecule has 1 aliphatic heterocycles. The largest absolute Gasteiger partial charge is 0.274 e. The summed E-state index contributed by atoms with van der Waals surface area (Å²) in [7, 11) is -3.62. The molecule has 1 saturated carbocycles. The van der Waals surface area contributed by atoms with Crippen molar-refractivity contribution in [2.24, 2.45) is 17.8 Å². The number of amides is 2. The molecule has 4 rings (SSSR count). The van der Waals surface area contributed by atoms with Gasteiger partial charge in [0.1, 0.15) is 0 Å². The number of rotatable bonds is 3. The fraction of sp³-hybridized carbons (Fsp3) is 0.333. The third-order valence-electron chi connectivity index (χ3n) is 5.65. The summed E-state index contributed by atoms with van der Waals surface area (Å²) >= 11 is 0. The van der Waals surface area contributed by atoms with Crippen molar-refractivity contribution in [2.45, 2.75) is 36.0 Å². The summed E-state index contributed by atoms with van der Waals surface area (Å²) in [5.41, 5.74) is 0.444. The van der Waals surface area contributed by atoms with Gasteiger partial charge in [0, 0.05) is 0 Å². The molecule has 1 saturated heterocycles. The minimum absolute atomic E-state index is 0.141. The first-order valence-electron chi connectivity index (χ1n) is 9.17. The van der Waals surface area contributed by atoms with Gasteiger partial charge in [-0.3, -0.25) is 14.5 Å². The van der Waals surface area contributed by atoms with E-state index in [-0.39, 0.29) is 33.4 Å². The number of carbonyl (C=O) groups is 2. The second-order valence-electron chi connectivity index (χ2n) is 7.45. The van der Waals surface area contributed by atoms with E-state index in [1.807, 2.05) is 0 Å². The van der Waals surface area contributed by atoms with E-state index in [1.54, 1.807) is 42.5 Å². The molecule has 1 heterocycles. The van der Waals surface area contributed by atoms with Gasteiger partial charge in [0.25, 0.3) is 0 Å². The summed E-state index contributed by atoms with van der Waals surface area (Å²) in [5, 5.41) is 0. The van der Waals surface area contributed by atoms with Crippen LogP contribution in [0.25, 0.3) is 0 Å². The van der Waals surface area contributed by atoms with Gasteiger partial charge >= 0.3 is 0 Å². The molecule has 0 unspecified atom stereocenters. The Balaban J connectivity index is 1.63. The van der Waals surface area contributed by atoms with E-state index in [0.717, 1.165) is 19.3 Å². The molecule has 2 amide bonds. The van der Waals surface area contributed by atoms with Crippen LogP contribution >= 0.6 is 0 Å². The van der Waals surface area contributed by atoms with Gasteiger partial charge in [0.05, 0.1) is 27.3 Å². The first kappa shape index (κ1) is 17.9. The highest BCUT2D eigenvalue weighted by molar-refractivity contribution is 7.91. The van der Waals surface area contributed by atoms with Gasteiger partial charge in [-0.1, -0.05) is 25.1 Å². The Bertz CT molecular complexity index is 983. The maximum atomic E-state index is 12.8. The Labute approximate surface area is 158 Å². The molecule has 3 atom stereocenters. The van der Waals surface area contributed by atoms with E-state index >= 15 is 0 Å². The van der Waals surface area contributed by atoms with Crippen molar-refractivity contribution < 1.29 is 18.0 Å². The summed E-state index contributed by atoms with van der Waals surface area (Å²) in [6.45, 7) is 2.11. The summed E-state index contributed by atoms with van der Waals surface area (Å²) in [6.07, 6.45) is 2.45. The van der Waals surface area contributed by atoms with Crippen LogP contribution in [0.2, 0.25) is 0 Å². The minimum atomic E-state index is -3.62. The quantitative estimate of drug-likeness (QED) is 0.761. The number of anilines is 1. The molecule has 0 radical (unpaired) electrons. The number of benzene rings is 2. The van der Waals surface area contributed by atoms with Crippen molar-refractivity contribution in [1.82, 2.24) is 0 Å². The molecule has 6 heteroatoms. The standard InChI is InChI=1S/C21H21NO4S/c1-14-7-12-18-19(13-14)21(24)22(20(18)23)15-8-10-17(11-9-15)27(25,26)16-5-3-2-4-6-16/h2-6,8-11,14,18-19H,7,12-13H2,1H3/t14-,18+,19-/m1/s1. The molecule has 0 spiro atoms. The van der Waals surface area contributed by atoms with Gasteiger partial charge in [-0.25, -0.2) is 8.42 Å². The Morgan fingerprint density at radius 3 is 2.07 bits per heavy atom. The molecule has 2 fully saturated rings. The summed E-state index contributed by atoms with van der Waals surface area (Å²) in [5.74, 6) is -0.345. The summed E-state index contributed by atoms with van der Waals surface area (Å²) in [4.78, 5) is 27.1. The summed E-state index contributed by atoms with van der Waals surface area (Å²) < 4.78 is 25.4. The SMILES string of the molecule is C[C@@H]1CC[C@@H]2C(=O)N(c3ccc(S(=O)(=O)c4ccccc4)cc3)C(=O)[C@@H]2C1. The normalized spacial score (nSPS) is 25.5. The van der Waals surface area contributed by atoms with E-state index in [9.17, 15) is 18.0 Å². The lowest BCUT2D eigenvalue weighted by molar-refractivity contribution is -0.122. The average molecular weight is 383 g/mol. The smallest absolute Gasteiger partial charge is 0.237 e. The number of nitrogens with zero attached hydrogens (tertiary/aromatic N) is 1.